The zero-order chi connectivity index (χ0) is 16.7. The van der Waals surface area contributed by atoms with Crippen molar-refractivity contribution in [2.45, 2.75) is 33.2 Å². The molecule has 1 aromatic rings. The van der Waals surface area contributed by atoms with Crippen molar-refractivity contribution in [1.82, 2.24) is 10.6 Å². The van der Waals surface area contributed by atoms with Crippen LogP contribution in [0.2, 0.25) is 0 Å². The van der Waals surface area contributed by atoms with E-state index in [2.05, 4.69) is 48.4 Å². The molecular formula is C18H31IN4O. The van der Waals surface area contributed by atoms with E-state index in [1.807, 2.05) is 12.1 Å². The number of rotatable bonds is 6. The average molecular weight is 446 g/mol. The Labute approximate surface area is 163 Å². The summed E-state index contributed by atoms with van der Waals surface area (Å²) in [5.41, 5.74) is 1.19. The highest BCUT2D eigenvalue weighted by Crippen LogP contribution is 2.31. The van der Waals surface area contributed by atoms with Crippen molar-refractivity contribution in [2.75, 3.05) is 38.2 Å². The second-order valence-corrected chi connectivity index (χ2v) is 6.29. The van der Waals surface area contributed by atoms with Crippen molar-refractivity contribution in [1.29, 1.82) is 0 Å². The quantitative estimate of drug-likeness (QED) is 0.401. The predicted octanol–water partition coefficient (Wildman–Crippen LogP) is 3.10. The minimum absolute atomic E-state index is 0. The molecule has 1 atom stereocenters. The Morgan fingerprint density at radius 3 is 2.79 bits per heavy atom. The van der Waals surface area contributed by atoms with E-state index in [1.54, 1.807) is 7.11 Å². The number of guanidine groups is 1. The molecule has 24 heavy (non-hydrogen) atoms. The van der Waals surface area contributed by atoms with Gasteiger partial charge in [0.2, 0.25) is 0 Å². The van der Waals surface area contributed by atoms with E-state index in [9.17, 15) is 0 Å². The molecule has 1 unspecified atom stereocenters. The summed E-state index contributed by atoms with van der Waals surface area (Å²) in [5, 5.41) is 6.68. The summed E-state index contributed by atoms with van der Waals surface area (Å²) in [5.74, 6) is 2.45. The van der Waals surface area contributed by atoms with Crippen molar-refractivity contribution >= 4 is 35.6 Å². The zero-order valence-electron chi connectivity index (χ0n) is 15.2. The SMILES string of the molecule is CCNC(=NCC1CCN(c2ccccc2OC)C1)NC(C)C.I. The third-order valence-electron chi connectivity index (χ3n) is 3.99. The number of ether oxygens (including phenoxy) is 1. The van der Waals surface area contributed by atoms with Gasteiger partial charge in [0, 0.05) is 32.2 Å². The smallest absolute Gasteiger partial charge is 0.191 e. The van der Waals surface area contributed by atoms with Crippen LogP contribution in [0.1, 0.15) is 27.2 Å². The van der Waals surface area contributed by atoms with Gasteiger partial charge in [0.25, 0.3) is 0 Å². The van der Waals surface area contributed by atoms with Crippen LogP contribution in [0, 0.1) is 5.92 Å². The lowest BCUT2D eigenvalue weighted by molar-refractivity contribution is 0.414. The molecule has 6 heteroatoms. The van der Waals surface area contributed by atoms with E-state index >= 15 is 0 Å². The number of hydrogen-bond acceptors (Lipinski definition) is 3. The van der Waals surface area contributed by atoms with E-state index in [4.69, 9.17) is 9.73 Å². The minimum Gasteiger partial charge on any atom is -0.495 e. The first-order chi connectivity index (χ1) is 11.1. The summed E-state index contributed by atoms with van der Waals surface area (Å²) in [4.78, 5) is 7.15. The predicted molar refractivity (Wildman–Crippen MR) is 113 cm³/mol. The molecule has 1 saturated heterocycles. The maximum absolute atomic E-state index is 5.48. The van der Waals surface area contributed by atoms with Crippen molar-refractivity contribution in [3.05, 3.63) is 24.3 Å². The first-order valence-electron chi connectivity index (χ1n) is 8.56. The fourth-order valence-electron chi connectivity index (χ4n) is 2.91. The van der Waals surface area contributed by atoms with Gasteiger partial charge in [-0.05, 0) is 45.2 Å². The summed E-state index contributed by atoms with van der Waals surface area (Å²) in [6, 6.07) is 8.63. The van der Waals surface area contributed by atoms with Crippen LogP contribution < -0.4 is 20.3 Å². The maximum Gasteiger partial charge on any atom is 0.191 e. The average Bonchev–Trinajstić information content (AvgIpc) is 3.01. The van der Waals surface area contributed by atoms with Crippen molar-refractivity contribution < 1.29 is 4.74 Å². The molecule has 1 aromatic carbocycles. The molecule has 0 radical (unpaired) electrons. The lowest BCUT2D eigenvalue weighted by Gasteiger charge is -2.21. The van der Waals surface area contributed by atoms with Crippen LogP contribution in [-0.4, -0.2) is 45.3 Å². The highest BCUT2D eigenvalue weighted by Gasteiger charge is 2.24. The highest BCUT2D eigenvalue weighted by atomic mass is 127. The lowest BCUT2D eigenvalue weighted by Crippen LogP contribution is -2.41. The Bertz CT molecular complexity index is 521. The Hall–Kier alpha value is -1.18. The number of hydrogen-bond donors (Lipinski definition) is 2. The Balaban J connectivity index is 0.00000288. The third-order valence-corrected chi connectivity index (χ3v) is 3.99. The summed E-state index contributed by atoms with van der Waals surface area (Å²) < 4.78 is 5.48. The number of anilines is 1. The number of nitrogens with one attached hydrogen (secondary N) is 2. The molecule has 1 aliphatic heterocycles. The molecule has 0 saturated carbocycles. The van der Waals surface area contributed by atoms with Crippen LogP contribution in [0.5, 0.6) is 5.75 Å². The number of aliphatic imine (C=N–C) groups is 1. The highest BCUT2D eigenvalue weighted by molar-refractivity contribution is 14.0. The van der Waals surface area contributed by atoms with Gasteiger partial charge in [-0.2, -0.15) is 0 Å². The number of halogens is 1. The molecule has 0 amide bonds. The molecule has 2 rings (SSSR count). The summed E-state index contributed by atoms with van der Waals surface area (Å²) in [6.45, 7) is 10.2. The number of para-hydroxylation sites is 2. The molecular weight excluding hydrogens is 415 g/mol. The Morgan fingerprint density at radius 2 is 2.12 bits per heavy atom. The molecule has 5 nitrogen and oxygen atoms in total. The number of benzene rings is 1. The van der Waals surface area contributed by atoms with Gasteiger partial charge in [0.15, 0.2) is 5.96 Å². The van der Waals surface area contributed by atoms with E-state index in [-0.39, 0.29) is 24.0 Å². The third kappa shape index (κ3) is 6.03. The largest absolute Gasteiger partial charge is 0.495 e. The monoisotopic (exact) mass is 446 g/mol. The van der Waals surface area contributed by atoms with E-state index < -0.39 is 0 Å². The normalized spacial score (nSPS) is 17.6. The molecule has 1 heterocycles. The lowest BCUT2D eigenvalue weighted by atomic mass is 10.1. The van der Waals surface area contributed by atoms with Crippen LogP contribution >= 0.6 is 24.0 Å². The van der Waals surface area contributed by atoms with Crippen LogP contribution in [-0.2, 0) is 0 Å². The number of methoxy groups -OCH3 is 1. The van der Waals surface area contributed by atoms with Crippen molar-refractivity contribution in [3.63, 3.8) is 0 Å². The van der Waals surface area contributed by atoms with Gasteiger partial charge in [-0.3, -0.25) is 4.99 Å². The van der Waals surface area contributed by atoms with Gasteiger partial charge in [0.05, 0.1) is 12.8 Å². The first-order valence-corrected chi connectivity index (χ1v) is 8.56. The molecule has 0 bridgehead atoms. The molecule has 1 fully saturated rings. The van der Waals surface area contributed by atoms with Gasteiger partial charge in [-0.25, -0.2) is 0 Å². The van der Waals surface area contributed by atoms with Crippen molar-refractivity contribution in [3.8, 4) is 5.75 Å². The second-order valence-electron chi connectivity index (χ2n) is 6.29. The fourth-order valence-corrected chi connectivity index (χ4v) is 2.91. The molecule has 136 valence electrons. The van der Waals surface area contributed by atoms with Gasteiger partial charge in [0.1, 0.15) is 5.75 Å². The summed E-state index contributed by atoms with van der Waals surface area (Å²) >= 11 is 0. The van der Waals surface area contributed by atoms with Crippen LogP contribution in [0.3, 0.4) is 0 Å². The van der Waals surface area contributed by atoms with Crippen LogP contribution in [0.4, 0.5) is 5.69 Å². The van der Waals surface area contributed by atoms with Gasteiger partial charge >= 0.3 is 0 Å². The standard InChI is InChI=1S/C18H30N4O.HI/c1-5-19-18(21-14(2)3)20-12-15-10-11-22(13-15)16-8-6-7-9-17(16)23-4;/h6-9,14-15H,5,10-13H2,1-4H3,(H2,19,20,21);1H. The van der Waals surface area contributed by atoms with Crippen LogP contribution in [0.15, 0.2) is 29.3 Å². The van der Waals surface area contributed by atoms with Crippen LogP contribution in [0.25, 0.3) is 0 Å². The fraction of sp³-hybridized carbons (Fsp3) is 0.611. The Morgan fingerprint density at radius 1 is 1.38 bits per heavy atom. The minimum atomic E-state index is 0. The molecule has 0 aliphatic carbocycles. The van der Waals surface area contributed by atoms with Crippen molar-refractivity contribution in [2.24, 2.45) is 10.9 Å². The summed E-state index contributed by atoms with van der Waals surface area (Å²) in [6.07, 6.45) is 1.17. The second kappa shape index (κ2) is 10.6. The summed E-state index contributed by atoms with van der Waals surface area (Å²) in [7, 11) is 1.73. The maximum atomic E-state index is 5.48. The van der Waals surface area contributed by atoms with E-state index in [0.29, 0.717) is 12.0 Å². The first kappa shape index (κ1) is 20.9. The van der Waals surface area contributed by atoms with Gasteiger partial charge in [-0.15, -0.1) is 24.0 Å². The van der Waals surface area contributed by atoms with E-state index in [0.717, 1.165) is 37.9 Å². The topological polar surface area (TPSA) is 48.9 Å². The zero-order valence-corrected chi connectivity index (χ0v) is 17.5. The molecule has 1 aliphatic rings. The van der Waals surface area contributed by atoms with Gasteiger partial charge in [-0.1, -0.05) is 12.1 Å². The molecule has 0 aromatic heterocycles. The molecule has 0 spiro atoms. The Kier molecular flexibility index (Phi) is 9.25. The number of nitrogens with zero attached hydrogens (tertiary/aromatic N) is 2. The van der Waals surface area contributed by atoms with E-state index in [1.165, 1.54) is 12.1 Å². The molecule has 2 N–H and O–H groups in total. The van der Waals surface area contributed by atoms with Gasteiger partial charge < -0.3 is 20.3 Å².